The Morgan fingerprint density at radius 1 is 0.242 bits per heavy atom. The van der Waals surface area contributed by atoms with Crippen LogP contribution in [-0.2, 0) is 0 Å². The molecule has 11 rings (SSSR count). The highest BCUT2D eigenvalue weighted by atomic mass is 14.9. The first kappa shape index (κ1) is 36.8. The summed E-state index contributed by atoms with van der Waals surface area (Å²) in [4.78, 5) is 15.5. The molecule has 290 valence electrons. The van der Waals surface area contributed by atoms with E-state index in [9.17, 15) is 0 Å². The molecule has 0 unspecified atom stereocenters. The molecule has 2 aromatic heterocycles. The summed E-state index contributed by atoms with van der Waals surface area (Å²) in [7, 11) is 0. The average molecular weight is 790 g/mol. The van der Waals surface area contributed by atoms with Gasteiger partial charge in [-0.1, -0.05) is 224 Å². The second-order valence-electron chi connectivity index (χ2n) is 15.6. The first-order valence-corrected chi connectivity index (χ1v) is 21.0. The Morgan fingerprint density at radius 3 is 1.15 bits per heavy atom. The van der Waals surface area contributed by atoms with E-state index in [0.29, 0.717) is 5.82 Å². The van der Waals surface area contributed by atoms with Gasteiger partial charge in [0.15, 0.2) is 5.82 Å². The van der Waals surface area contributed by atoms with Crippen LogP contribution in [0.4, 0.5) is 0 Å². The van der Waals surface area contributed by atoms with Gasteiger partial charge in [0.05, 0.1) is 22.6 Å². The molecule has 0 N–H and O–H groups in total. The van der Waals surface area contributed by atoms with Crippen molar-refractivity contribution in [2.45, 2.75) is 0 Å². The minimum atomic E-state index is 0.691. The summed E-state index contributed by atoms with van der Waals surface area (Å²) in [5, 5.41) is 3.52. The molecule has 0 saturated heterocycles. The number of para-hydroxylation sites is 1. The third-order valence-electron chi connectivity index (χ3n) is 11.7. The van der Waals surface area contributed by atoms with E-state index in [0.717, 1.165) is 72.3 Å². The number of aromatic nitrogens is 3. The number of fused-ring (bicyclic) bond motifs is 3. The highest BCUT2D eigenvalue weighted by molar-refractivity contribution is 6.17. The second kappa shape index (κ2) is 16.1. The van der Waals surface area contributed by atoms with Gasteiger partial charge in [-0.3, -0.25) is 0 Å². The molecule has 0 atom stereocenters. The lowest BCUT2D eigenvalue weighted by Crippen LogP contribution is -1.96. The van der Waals surface area contributed by atoms with Crippen molar-refractivity contribution in [2.24, 2.45) is 0 Å². The molecule has 0 saturated carbocycles. The van der Waals surface area contributed by atoms with Gasteiger partial charge in [-0.15, -0.1) is 0 Å². The fourth-order valence-corrected chi connectivity index (χ4v) is 8.51. The monoisotopic (exact) mass is 789 g/mol. The summed E-state index contributed by atoms with van der Waals surface area (Å²) in [6.07, 6.45) is 0. The minimum Gasteiger partial charge on any atom is -0.247 e. The Bertz CT molecular complexity index is 3230. The fourth-order valence-electron chi connectivity index (χ4n) is 8.51. The third kappa shape index (κ3) is 7.12. The molecule has 2 heterocycles. The zero-order valence-electron chi connectivity index (χ0n) is 33.9. The van der Waals surface area contributed by atoms with Gasteiger partial charge >= 0.3 is 0 Å². The summed E-state index contributed by atoms with van der Waals surface area (Å²) in [6, 6.07) is 83.4. The Hall–Kier alpha value is -8.27. The zero-order chi connectivity index (χ0) is 41.2. The molecule has 3 heteroatoms. The van der Waals surface area contributed by atoms with Crippen LogP contribution in [0.1, 0.15) is 0 Å². The predicted molar refractivity (Wildman–Crippen MR) is 258 cm³/mol. The van der Waals surface area contributed by atoms with E-state index < -0.39 is 0 Å². The Morgan fingerprint density at radius 2 is 0.629 bits per heavy atom. The number of nitrogens with zero attached hydrogens (tertiary/aromatic N) is 3. The highest BCUT2D eigenvalue weighted by Gasteiger charge is 2.16. The summed E-state index contributed by atoms with van der Waals surface area (Å²) < 4.78 is 0. The van der Waals surface area contributed by atoms with Crippen LogP contribution >= 0.6 is 0 Å². The molecule has 0 spiro atoms. The van der Waals surface area contributed by atoms with Crippen LogP contribution in [0.2, 0.25) is 0 Å². The predicted octanol–water partition coefficient (Wildman–Crippen LogP) is 15.5. The summed E-state index contributed by atoms with van der Waals surface area (Å²) >= 11 is 0. The lowest BCUT2D eigenvalue weighted by Gasteiger charge is -2.14. The average Bonchev–Trinajstić information content (AvgIpc) is 3.37. The molecule has 0 aliphatic rings. The van der Waals surface area contributed by atoms with Crippen molar-refractivity contribution >= 4 is 21.7 Å². The Balaban J connectivity index is 0.934. The van der Waals surface area contributed by atoms with Crippen molar-refractivity contribution in [2.75, 3.05) is 0 Å². The van der Waals surface area contributed by atoms with E-state index in [4.69, 9.17) is 15.0 Å². The smallest absolute Gasteiger partial charge is 0.160 e. The highest BCUT2D eigenvalue weighted by Crippen LogP contribution is 2.39. The molecule has 9 aromatic carbocycles. The van der Waals surface area contributed by atoms with Gasteiger partial charge in [0.2, 0.25) is 0 Å². The van der Waals surface area contributed by atoms with Crippen LogP contribution in [0.3, 0.4) is 0 Å². The van der Waals surface area contributed by atoms with Crippen molar-refractivity contribution < 1.29 is 0 Å². The maximum absolute atomic E-state index is 5.17. The molecule has 0 aliphatic carbocycles. The van der Waals surface area contributed by atoms with Gasteiger partial charge < -0.3 is 0 Å². The maximum Gasteiger partial charge on any atom is 0.160 e. The molecular formula is C59H39N3. The first-order chi connectivity index (χ1) is 30.7. The van der Waals surface area contributed by atoms with Gasteiger partial charge in [0, 0.05) is 38.4 Å². The van der Waals surface area contributed by atoms with Gasteiger partial charge in [-0.2, -0.15) is 0 Å². The van der Waals surface area contributed by atoms with E-state index in [1.807, 2.05) is 12.1 Å². The molecule has 62 heavy (non-hydrogen) atoms. The van der Waals surface area contributed by atoms with E-state index in [1.165, 1.54) is 33.2 Å². The molecular weight excluding hydrogens is 751 g/mol. The number of hydrogen-bond acceptors (Lipinski definition) is 3. The van der Waals surface area contributed by atoms with Crippen LogP contribution in [-0.4, -0.2) is 15.0 Å². The largest absolute Gasteiger partial charge is 0.247 e. The number of hydrogen-bond donors (Lipinski definition) is 0. The number of benzene rings is 9. The van der Waals surface area contributed by atoms with Crippen molar-refractivity contribution in [3.8, 4) is 89.7 Å². The van der Waals surface area contributed by atoms with E-state index in [-0.39, 0.29) is 0 Å². The SMILES string of the molecule is c1ccc(-c2ccc(-c3cc(-c4ccc(-c5ccc(-c6cccc7c(-c8ccccc8)nc8ccccc8c67)cc5)cc4)nc(-c4ccc(-c5ccccc5)cc4)n3)cc2)cc1. The molecule has 0 amide bonds. The van der Waals surface area contributed by atoms with Crippen molar-refractivity contribution in [3.05, 3.63) is 237 Å². The quantitative estimate of drug-likeness (QED) is 0.144. The van der Waals surface area contributed by atoms with Crippen molar-refractivity contribution in [1.82, 2.24) is 15.0 Å². The lowest BCUT2D eigenvalue weighted by molar-refractivity contribution is 1.18. The maximum atomic E-state index is 5.17. The summed E-state index contributed by atoms with van der Waals surface area (Å²) in [6.45, 7) is 0. The van der Waals surface area contributed by atoms with Gasteiger partial charge in [0.25, 0.3) is 0 Å². The van der Waals surface area contributed by atoms with Crippen LogP contribution in [0.25, 0.3) is 111 Å². The molecule has 0 radical (unpaired) electrons. The second-order valence-corrected chi connectivity index (χ2v) is 15.6. The molecule has 3 nitrogen and oxygen atoms in total. The van der Waals surface area contributed by atoms with Crippen LogP contribution in [0.5, 0.6) is 0 Å². The number of pyridine rings is 1. The zero-order valence-corrected chi connectivity index (χ0v) is 33.9. The van der Waals surface area contributed by atoms with Crippen molar-refractivity contribution in [3.63, 3.8) is 0 Å². The van der Waals surface area contributed by atoms with Crippen LogP contribution < -0.4 is 0 Å². The molecule has 11 aromatic rings. The van der Waals surface area contributed by atoms with E-state index in [2.05, 4.69) is 224 Å². The number of rotatable bonds is 8. The standard InChI is InChI=1S/C59H39N3/c1-4-13-40(14-5-1)42-25-33-47(34-26-42)55-39-56(62-59(61-55)50-37-29-43(30-38-50)41-15-6-2-7-16-41)48-35-27-45(28-36-48)44-23-31-46(32-24-44)51-20-12-21-53-57(51)52-19-10-11-22-54(52)60-58(53)49-17-8-3-9-18-49/h1-39H. The summed E-state index contributed by atoms with van der Waals surface area (Å²) in [5.74, 6) is 0.691. The van der Waals surface area contributed by atoms with Gasteiger partial charge in [-0.05, 0) is 56.6 Å². The Kier molecular flexibility index (Phi) is 9.53. The summed E-state index contributed by atoms with van der Waals surface area (Å²) in [5.41, 5.74) is 17.3. The van der Waals surface area contributed by atoms with E-state index in [1.54, 1.807) is 0 Å². The van der Waals surface area contributed by atoms with Crippen LogP contribution in [0.15, 0.2) is 237 Å². The molecule has 0 bridgehead atoms. The van der Waals surface area contributed by atoms with Gasteiger partial charge in [-0.25, -0.2) is 15.0 Å². The first-order valence-electron chi connectivity index (χ1n) is 21.0. The van der Waals surface area contributed by atoms with E-state index >= 15 is 0 Å². The van der Waals surface area contributed by atoms with Crippen LogP contribution in [0, 0.1) is 0 Å². The van der Waals surface area contributed by atoms with Crippen molar-refractivity contribution in [1.29, 1.82) is 0 Å². The third-order valence-corrected chi connectivity index (χ3v) is 11.7. The molecule has 0 fully saturated rings. The Labute approximate surface area is 361 Å². The molecule has 0 aliphatic heterocycles. The topological polar surface area (TPSA) is 38.7 Å². The minimum absolute atomic E-state index is 0.691. The lowest BCUT2D eigenvalue weighted by atomic mass is 9.92. The fraction of sp³-hybridized carbons (Fsp3) is 0. The van der Waals surface area contributed by atoms with Gasteiger partial charge in [0.1, 0.15) is 0 Å². The normalized spacial score (nSPS) is 11.2.